The summed E-state index contributed by atoms with van der Waals surface area (Å²) in [5.41, 5.74) is 2.45. The maximum absolute atomic E-state index is 11.6. The smallest absolute Gasteiger partial charge is 0.136 e. The lowest BCUT2D eigenvalue weighted by Crippen LogP contribution is -2.09. The topological polar surface area (TPSA) is 26.3 Å². The van der Waals surface area contributed by atoms with Crippen LogP contribution in [-0.4, -0.2) is 12.9 Å². The lowest BCUT2D eigenvalue weighted by Gasteiger charge is -2.12. The van der Waals surface area contributed by atoms with E-state index in [1.165, 1.54) is 11.1 Å². The van der Waals surface area contributed by atoms with Crippen LogP contribution in [0.3, 0.4) is 0 Å². The summed E-state index contributed by atoms with van der Waals surface area (Å²) in [7, 11) is 1.72. The molecule has 1 fully saturated rings. The number of benzene rings is 1. The third kappa shape index (κ3) is 2.95. The van der Waals surface area contributed by atoms with Crippen molar-refractivity contribution in [2.24, 2.45) is 5.92 Å². The summed E-state index contributed by atoms with van der Waals surface area (Å²) in [5, 5.41) is 0. The minimum Gasteiger partial charge on any atom is -0.377 e. The van der Waals surface area contributed by atoms with Gasteiger partial charge in [0.1, 0.15) is 5.78 Å². The van der Waals surface area contributed by atoms with Crippen LogP contribution in [-0.2, 0) is 16.0 Å². The van der Waals surface area contributed by atoms with Gasteiger partial charge in [-0.25, -0.2) is 0 Å². The first-order chi connectivity index (χ1) is 8.20. The van der Waals surface area contributed by atoms with Crippen molar-refractivity contribution in [3.63, 3.8) is 0 Å². The fourth-order valence-electron chi connectivity index (χ4n) is 2.45. The maximum Gasteiger partial charge on any atom is 0.136 e. The largest absolute Gasteiger partial charge is 0.377 e. The minimum absolute atomic E-state index is 0.136. The Bertz CT molecular complexity index is 380. The van der Waals surface area contributed by atoms with Gasteiger partial charge >= 0.3 is 0 Å². The van der Waals surface area contributed by atoms with Crippen molar-refractivity contribution in [3.8, 4) is 0 Å². The number of carbonyl (C=O) groups is 1. The minimum atomic E-state index is 0.136. The third-order valence-electron chi connectivity index (χ3n) is 3.72. The molecule has 0 saturated heterocycles. The maximum atomic E-state index is 11.6. The van der Waals surface area contributed by atoms with E-state index in [0.717, 1.165) is 25.7 Å². The molecule has 0 heterocycles. The van der Waals surface area contributed by atoms with Gasteiger partial charge in [0.2, 0.25) is 0 Å². The summed E-state index contributed by atoms with van der Waals surface area (Å²) >= 11 is 0. The van der Waals surface area contributed by atoms with Gasteiger partial charge in [0.05, 0.1) is 6.10 Å². The molecule has 0 spiro atoms. The summed E-state index contributed by atoms with van der Waals surface area (Å²) in [6.07, 6.45) is 3.96. The third-order valence-corrected chi connectivity index (χ3v) is 3.72. The van der Waals surface area contributed by atoms with Crippen LogP contribution in [0.1, 0.15) is 43.4 Å². The van der Waals surface area contributed by atoms with Gasteiger partial charge in [-0.2, -0.15) is 0 Å². The number of ketones is 1. The van der Waals surface area contributed by atoms with Crippen LogP contribution in [0.15, 0.2) is 24.3 Å². The molecule has 0 amide bonds. The molecule has 1 aromatic carbocycles. The second kappa shape index (κ2) is 5.46. The summed E-state index contributed by atoms with van der Waals surface area (Å²) < 4.78 is 5.27. The molecule has 2 rings (SSSR count). The van der Waals surface area contributed by atoms with E-state index in [1.807, 2.05) is 6.92 Å². The second-order valence-electron chi connectivity index (χ2n) is 4.88. The predicted molar refractivity (Wildman–Crippen MR) is 67.9 cm³/mol. The monoisotopic (exact) mass is 232 g/mol. The van der Waals surface area contributed by atoms with Gasteiger partial charge in [-0.05, 0) is 37.3 Å². The molecule has 2 atom stereocenters. The highest BCUT2D eigenvalue weighted by Crippen LogP contribution is 2.25. The first-order valence-corrected chi connectivity index (χ1v) is 6.35. The molecule has 1 aliphatic rings. The van der Waals surface area contributed by atoms with E-state index in [9.17, 15) is 4.79 Å². The molecule has 2 unspecified atom stereocenters. The van der Waals surface area contributed by atoms with Gasteiger partial charge in [-0.1, -0.05) is 24.3 Å². The Morgan fingerprint density at radius 1 is 1.35 bits per heavy atom. The quantitative estimate of drug-likeness (QED) is 0.796. The number of hydrogen-bond acceptors (Lipinski definition) is 2. The van der Waals surface area contributed by atoms with Crippen LogP contribution in [0.2, 0.25) is 0 Å². The molecule has 0 aliphatic heterocycles. The number of hydrogen-bond donors (Lipinski definition) is 0. The zero-order chi connectivity index (χ0) is 12.3. The lowest BCUT2D eigenvalue weighted by atomic mass is 9.96. The van der Waals surface area contributed by atoms with E-state index in [2.05, 4.69) is 24.3 Å². The van der Waals surface area contributed by atoms with Crippen LogP contribution < -0.4 is 0 Å². The zero-order valence-corrected chi connectivity index (χ0v) is 10.6. The predicted octanol–water partition coefficient (Wildman–Crippen LogP) is 3.31. The number of rotatable bonds is 4. The van der Waals surface area contributed by atoms with Gasteiger partial charge in [-0.3, -0.25) is 4.79 Å². The van der Waals surface area contributed by atoms with E-state index in [4.69, 9.17) is 4.74 Å². The molecule has 1 saturated carbocycles. The highest BCUT2D eigenvalue weighted by Gasteiger charge is 2.24. The van der Waals surface area contributed by atoms with Gasteiger partial charge in [0.25, 0.3) is 0 Å². The van der Waals surface area contributed by atoms with Crippen LogP contribution in [0, 0.1) is 5.92 Å². The van der Waals surface area contributed by atoms with E-state index < -0.39 is 0 Å². The molecule has 0 radical (unpaired) electrons. The van der Waals surface area contributed by atoms with E-state index in [0.29, 0.717) is 5.78 Å². The first kappa shape index (κ1) is 12.3. The molecule has 0 aromatic heterocycles. The second-order valence-corrected chi connectivity index (χ2v) is 4.88. The Kier molecular flexibility index (Phi) is 3.95. The van der Waals surface area contributed by atoms with Crippen molar-refractivity contribution in [3.05, 3.63) is 35.4 Å². The normalized spacial score (nSPS) is 21.8. The van der Waals surface area contributed by atoms with E-state index in [-0.39, 0.29) is 12.0 Å². The van der Waals surface area contributed by atoms with Crippen LogP contribution >= 0.6 is 0 Å². The Morgan fingerprint density at radius 3 is 2.59 bits per heavy atom. The van der Waals surface area contributed by atoms with E-state index >= 15 is 0 Å². The van der Waals surface area contributed by atoms with Crippen molar-refractivity contribution in [2.45, 2.75) is 38.7 Å². The fraction of sp³-hybridized carbons (Fsp3) is 0.533. The molecular formula is C15H20O2. The average molecular weight is 232 g/mol. The Balaban J connectivity index is 2.00. The molecule has 1 aromatic rings. The average Bonchev–Trinajstić information content (AvgIpc) is 2.75. The highest BCUT2D eigenvalue weighted by molar-refractivity contribution is 5.83. The number of carbonyl (C=O) groups excluding carboxylic acids is 1. The van der Waals surface area contributed by atoms with Crippen LogP contribution in [0.4, 0.5) is 0 Å². The van der Waals surface area contributed by atoms with Crippen molar-refractivity contribution in [1.82, 2.24) is 0 Å². The molecule has 2 nitrogen and oxygen atoms in total. The molecule has 92 valence electrons. The summed E-state index contributed by atoms with van der Waals surface area (Å²) in [6, 6.07) is 8.44. The van der Waals surface area contributed by atoms with Gasteiger partial charge in [-0.15, -0.1) is 0 Å². The zero-order valence-electron chi connectivity index (χ0n) is 10.6. The summed E-state index contributed by atoms with van der Waals surface area (Å²) in [6.45, 7) is 2.04. The van der Waals surface area contributed by atoms with Crippen LogP contribution in [0.25, 0.3) is 0 Å². The van der Waals surface area contributed by atoms with E-state index in [1.54, 1.807) is 7.11 Å². The Labute approximate surface area is 103 Å². The molecule has 1 aliphatic carbocycles. The molecule has 0 N–H and O–H groups in total. The summed E-state index contributed by atoms with van der Waals surface area (Å²) in [5.74, 6) is 0.708. The molecule has 17 heavy (non-hydrogen) atoms. The number of Topliss-reactive ketones (excluding diaryl/α,β-unsaturated/α-hetero) is 1. The first-order valence-electron chi connectivity index (χ1n) is 6.35. The number of methoxy groups -OCH3 is 1. The molecule has 2 heteroatoms. The van der Waals surface area contributed by atoms with Crippen molar-refractivity contribution >= 4 is 5.78 Å². The molecule has 0 bridgehead atoms. The summed E-state index contributed by atoms with van der Waals surface area (Å²) in [4.78, 5) is 11.6. The van der Waals surface area contributed by atoms with Gasteiger partial charge < -0.3 is 4.74 Å². The highest BCUT2D eigenvalue weighted by atomic mass is 16.5. The van der Waals surface area contributed by atoms with Crippen LogP contribution in [0.5, 0.6) is 0 Å². The number of ether oxygens (including phenoxy) is 1. The van der Waals surface area contributed by atoms with Gasteiger partial charge in [0.15, 0.2) is 0 Å². The van der Waals surface area contributed by atoms with Crippen molar-refractivity contribution < 1.29 is 9.53 Å². The Hall–Kier alpha value is -1.15. The standard InChI is InChI=1S/C15H20O2/c1-11(17-2)13-8-6-12(7-9-13)10-14-4-3-5-15(14)16/h6-9,11,14H,3-5,10H2,1-2H3. The molecular weight excluding hydrogens is 212 g/mol. The Morgan fingerprint density at radius 2 is 2.06 bits per heavy atom. The fourth-order valence-corrected chi connectivity index (χ4v) is 2.45. The van der Waals surface area contributed by atoms with Crippen molar-refractivity contribution in [1.29, 1.82) is 0 Å². The van der Waals surface area contributed by atoms with Gasteiger partial charge in [0, 0.05) is 19.4 Å². The SMILES string of the molecule is COC(C)c1ccc(CC2CCCC2=O)cc1. The lowest BCUT2D eigenvalue weighted by molar-refractivity contribution is -0.120. The van der Waals surface area contributed by atoms with Crippen molar-refractivity contribution in [2.75, 3.05) is 7.11 Å².